The Morgan fingerprint density at radius 2 is 2.29 bits per heavy atom. The number of fused-ring (bicyclic) bond motifs is 3. The molecule has 2 aromatic heterocycles. The zero-order chi connectivity index (χ0) is 14.4. The lowest BCUT2D eigenvalue weighted by Gasteiger charge is -2.32. The Bertz CT molecular complexity index is 816. The SMILES string of the molecule is C[C@H]1CN(c2ncnc3c2oc2ccc(Cl)cc23)CCN1. The standard InChI is InChI=1S/C15H15ClN4O/c1-9-7-20(5-4-17-9)15-14-13(18-8-19-15)11-6-10(16)2-3-12(11)21-14/h2-3,6,8-9,17H,4-5,7H2,1H3/t9-/m0/s1. The van der Waals surface area contributed by atoms with Gasteiger partial charge in [-0.15, -0.1) is 0 Å². The van der Waals surface area contributed by atoms with E-state index in [2.05, 4.69) is 27.1 Å². The van der Waals surface area contributed by atoms with Crippen molar-refractivity contribution in [2.24, 2.45) is 0 Å². The molecule has 1 aliphatic rings. The van der Waals surface area contributed by atoms with Crippen LogP contribution in [0.2, 0.25) is 5.02 Å². The number of furan rings is 1. The third-order valence-electron chi connectivity index (χ3n) is 3.86. The minimum atomic E-state index is 0.433. The third-order valence-corrected chi connectivity index (χ3v) is 4.10. The molecule has 6 heteroatoms. The summed E-state index contributed by atoms with van der Waals surface area (Å²) in [6.07, 6.45) is 1.60. The van der Waals surface area contributed by atoms with Crippen LogP contribution in [0.3, 0.4) is 0 Å². The lowest BCUT2D eigenvalue weighted by molar-refractivity contribution is 0.481. The molecule has 1 N–H and O–H groups in total. The smallest absolute Gasteiger partial charge is 0.196 e. The van der Waals surface area contributed by atoms with E-state index in [4.69, 9.17) is 16.0 Å². The van der Waals surface area contributed by atoms with Gasteiger partial charge in [0.1, 0.15) is 17.4 Å². The lowest BCUT2D eigenvalue weighted by atomic mass is 10.2. The second-order valence-electron chi connectivity index (χ2n) is 5.42. The Labute approximate surface area is 126 Å². The number of nitrogens with one attached hydrogen (secondary N) is 1. The largest absolute Gasteiger partial charge is 0.450 e. The molecule has 0 aliphatic carbocycles. The monoisotopic (exact) mass is 302 g/mol. The van der Waals surface area contributed by atoms with Crippen LogP contribution in [0, 0.1) is 0 Å². The van der Waals surface area contributed by atoms with Gasteiger partial charge >= 0.3 is 0 Å². The molecule has 4 rings (SSSR count). The van der Waals surface area contributed by atoms with Crippen molar-refractivity contribution < 1.29 is 4.42 Å². The van der Waals surface area contributed by atoms with Crippen LogP contribution in [0.5, 0.6) is 0 Å². The molecular weight excluding hydrogens is 288 g/mol. The third kappa shape index (κ3) is 2.13. The number of aromatic nitrogens is 2. The molecule has 3 aromatic rings. The van der Waals surface area contributed by atoms with Gasteiger partial charge in [0.15, 0.2) is 11.4 Å². The predicted octanol–water partition coefficient (Wildman–Crippen LogP) is 2.83. The number of anilines is 1. The maximum atomic E-state index is 6.08. The highest BCUT2D eigenvalue weighted by Gasteiger charge is 2.22. The van der Waals surface area contributed by atoms with Crippen molar-refractivity contribution in [1.29, 1.82) is 0 Å². The molecule has 0 spiro atoms. The minimum Gasteiger partial charge on any atom is -0.450 e. The number of nitrogens with zero attached hydrogens (tertiary/aromatic N) is 3. The molecule has 1 saturated heterocycles. The Balaban J connectivity index is 1.91. The van der Waals surface area contributed by atoms with Gasteiger partial charge in [-0.2, -0.15) is 0 Å². The fraction of sp³-hybridized carbons (Fsp3) is 0.333. The normalized spacial score (nSPS) is 19.5. The second kappa shape index (κ2) is 4.86. The summed E-state index contributed by atoms with van der Waals surface area (Å²) in [5, 5.41) is 5.05. The van der Waals surface area contributed by atoms with Crippen molar-refractivity contribution in [2.45, 2.75) is 13.0 Å². The quantitative estimate of drug-likeness (QED) is 0.749. The van der Waals surface area contributed by atoms with E-state index in [1.807, 2.05) is 18.2 Å². The predicted molar refractivity (Wildman–Crippen MR) is 84.0 cm³/mol. The van der Waals surface area contributed by atoms with Crippen molar-refractivity contribution in [3.05, 3.63) is 29.5 Å². The fourth-order valence-electron chi connectivity index (χ4n) is 2.89. The van der Waals surface area contributed by atoms with Gasteiger partial charge in [0, 0.05) is 36.1 Å². The summed E-state index contributed by atoms with van der Waals surface area (Å²) in [5.74, 6) is 0.862. The number of hydrogen-bond donors (Lipinski definition) is 1. The number of piperazine rings is 1. The van der Waals surface area contributed by atoms with Gasteiger partial charge in [-0.25, -0.2) is 9.97 Å². The van der Waals surface area contributed by atoms with E-state index in [1.165, 1.54) is 0 Å². The van der Waals surface area contributed by atoms with Crippen molar-refractivity contribution in [3.8, 4) is 0 Å². The zero-order valence-corrected chi connectivity index (χ0v) is 12.4. The molecule has 108 valence electrons. The molecule has 0 saturated carbocycles. The molecule has 21 heavy (non-hydrogen) atoms. The van der Waals surface area contributed by atoms with Crippen LogP contribution in [-0.4, -0.2) is 35.6 Å². The average molecular weight is 303 g/mol. The average Bonchev–Trinajstić information content (AvgIpc) is 2.85. The molecule has 1 atom stereocenters. The van der Waals surface area contributed by atoms with E-state index in [1.54, 1.807) is 6.33 Å². The maximum absolute atomic E-state index is 6.08. The summed E-state index contributed by atoms with van der Waals surface area (Å²) in [5.41, 5.74) is 2.35. The first kappa shape index (κ1) is 12.9. The molecule has 1 fully saturated rings. The van der Waals surface area contributed by atoms with Crippen molar-refractivity contribution in [2.75, 3.05) is 24.5 Å². The van der Waals surface area contributed by atoms with E-state index in [-0.39, 0.29) is 0 Å². The summed E-state index contributed by atoms with van der Waals surface area (Å²) in [4.78, 5) is 11.1. The maximum Gasteiger partial charge on any atom is 0.196 e. The molecule has 1 aliphatic heterocycles. The van der Waals surface area contributed by atoms with Crippen LogP contribution in [0.1, 0.15) is 6.92 Å². The summed E-state index contributed by atoms with van der Waals surface area (Å²) >= 11 is 6.08. The van der Waals surface area contributed by atoms with Crippen LogP contribution in [0.4, 0.5) is 5.82 Å². The Kier molecular flexibility index (Phi) is 2.97. The molecular formula is C15H15ClN4O. The highest BCUT2D eigenvalue weighted by Crippen LogP contribution is 2.33. The minimum absolute atomic E-state index is 0.433. The number of halogens is 1. The summed E-state index contributed by atoms with van der Waals surface area (Å²) in [6.45, 7) is 4.93. The number of hydrogen-bond acceptors (Lipinski definition) is 5. The van der Waals surface area contributed by atoms with Gasteiger partial charge in [0.05, 0.1) is 0 Å². The van der Waals surface area contributed by atoms with Crippen molar-refractivity contribution in [3.63, 3.8) is 0 Å². The van der Waals surface area contributed by atoms with Crippen LogP contribution < -0.4 is 10.2 Å². The van der Waals surface area contributed by atoms with Gasteiger partial charge in [0.2, 0.25) is 0 Å². The first-order chi connectivity index (χ1) is 10.2. The summed E-state index contributed by atoms with van der Waals surface area (Å²) in [7, 11) is 0. The van der Waals surface area contributed by atoms with Crippen molar-refractivity contribution in [1.82, 2.24) is 15.3 Å². The Hall–Kier alpha value is -1.85. The van der Waals surface area contributed by atoms with Crippen LogP contribution in [-0.2, 0) is 0 Å². The fourth-order valence-corrected chi connectivity index (χ4v) is 3.06. The Morgan fingerprint density at radius 1 is 1.38 bits per heavy atom. The van der Waals surface area contributed by atoms with Gasteiger partial charge < -0.3 is 14.6 Å². The molecule has 5 nitrogen and oxygen atoms in total. The summed E-state index contributed by atoms with van der Waals surface area (Å²) < 4.78 is 5.98. The highest BCUT2D eigenvalue weighted by atomic mass is 35.5. The molecule has 0 amide bonds. The van der Waals surface area contributed by atoms with Gasteiger partial charge in [-0.05, 0) is 25.1 Å². The van der Waals surface area contributed by atoms with Crippen molar-refractivity contribution >= 4 is 39.5 Å². The first-order valence-electron chi connectivity index (χ1n) is 7.03. The van der Waals surface area contributed by atoms with Gasteiger partial charge in [-0.3, -0.25) is 0 Å². The summed E-state index contributed by atoms with van der Waals surface area (Å²) in [6, 6.07) is 6.03. The molecule has 1 aromatic carbocycles. The highest BCUT2D eigenvalue weighted by molar-refractivity contribution is 6.31. The topological polar surface area (TPSA) is 54.2 Å². The number of benzene rings is 1. The van der Waals surface area contributed by atoms with E-state index >= 15 is 0 Å². The van der Waals surface area contributed by atoms with E-state index in [0.717, 1.165) is 47.5 Å². The molecule has 0 radical (unpaired) electrons. The van der Waals surface area contributed by atoms with E-state index < -0.39 is 0 Å². The molecule has 0 unspecified atom stereocenters. The zero-order valence-electron chi connectivity index (χ0n) is 11.6. The first-order valence-corrected chi connectivity index (χ1v) is 7.41. The van der Waals surface area contributed by atoms with Gasteiger partial charge in [0.25, 0.3) is 0 Å². The lowest BCUT2D eigenvalue weighted by Crippen LogP contribution is -2.49. The van der Waals surface area contributed by atoms with Gasteiger partial charge in [-0.1, -0.05) is 11.6 Å². The van der Waals surface area contributed by atoms with Crippen LogP contribution in [0.15, 0.2) is 28.9 Å². The van der Waals surface area contributed by atoms with Crippen LogP contribution in [0.25, 0.3) is 22.1 Å². The van der Waals surface area contributed by atoms with E-state index in [0.29, 0.717) is 11.1 Å². The second-order valence-corrected chi connectivity index (χ2v) is 5.86. The Morgan fingerprint density at radius 3 is 3.14 bits per heavy atom. The number of rotatable bonds is 1. The van der Waals surface area contributed by atoms with E-state index in [9.17, 15) is 0 Å². The molecule has 3 heterocycles. The molecule has 0 bridgehead atoms. The van der Waals surface area contributed by atoms with Crippen LogP contribution >= 0.6 is 11.6 Å².